The number of hydrogen-bond acceptors (Lipinski definition) is 1. The highest BCUT2D eigenvalue weighted by molar-refractivity contribution is 6.20. The highest BCUT2D eigenvalue weighted by atomic mass is 35.5. The number of hydrogen-bond donors (Lipinski definition) is 0. The summed E-state index contributed by atoms with van der Waals surface area (Å²) in [5.41, 5.74) is 0.970. The van der Waals surface area contributed by atoms with Crippen LogP contribution in [0.3, 0.4) is 0 Å². The summed E-state index contributed by atoms with van der Waals surface area (Å²) in [6.45, 7) is 4.08. The number of ether oxygens (including phenoxy) is 1. The number of methoxy groups -OCH3 is 1. The maximum atomic E-state index is 13.4. The highest BCUT2D eigenvalue weighted by Gasteiger charge is 2.14. The van der Waals surface area contributed by atoms with E-state index in [2.05, 4.69) is 6.92 Å². The van der Waals surface area contributed by atoms with Gasteiger partial charge >= 0.3 is 0 Å². The van der Waals surface area contributed by atoms with E-state index in [-0.39, 0.29) is 16.9 Å². The average molecular weight is 245 g/mol. The van der Waals surface area contributed by atoms with Gasteiger partial charge in [0.05, 0.1) is 7.11 Å². The molecule has 0 saturated carbocycles. The number of halogens is 2. The Kier molecular flexibility index (Phi) is 5.07. The second-order valence-electron chi connectivity index (χ2n) is 4.02. The lowest BCUT2D eigenvalue weighted by Gasteiger charge is -2.17. The van der Waals surface area contributed by atoms with Crippen molar-refractivity contribution in [3.05, 3.63) is 29.6 Å². The first-order valence-electron chi connectivity index (χ1n) is 5.55. The van der Waals surface area contributed by atoms with Crippen molar-refractivity contribution in [2.75, 3.05) is 7.11 Å². The monoisotopic (exact) mass is 244 g/mol. The molecular weight excluding hydrogens is 227 g/mol. The minimum Gasteiger partial charge on any atom is -0.494 e. The zero-order chi connectivity index (χ0) is 12.1. The first kappa shape index (κ1) is 13.3. The molecule has 0 aliphatic carbocycles. The van der Waals surface area contributed by atoms with Crippen molar-refractivity contribution in [3.63, 3.8) is 0 Å². The van der Waals surface area contributed by atoms with E-state index in [4.69, 9.17) is 16.3 Å². The van der Waals surface area contributed by atoms with Crippen LogP contribution in [0.15, 0.2) is 18.2 Å². The molecule has 16 heavy (non-hydrogen) atoms. The van der Waals surface area contributed by atoms with Crippen molar-refractivity contribution in [2.24, 2.45) is 5.92 Å². The molecule has 0 aliphatic rings. The molecule has 0 spiro atoms. The van der Waals surface area contributed by atoms with Crippen LogP contribution >= 0.6 is 11.6 Å². The topological polar surface area (TPSA) is 9.23 Å². The second-order valence-corrected chi connectivity index (χ2v) is 4.71. The van der Waals surface area contributed by atoms with E-state index < -0.39 is 0 Å². The summed E-state index contributed by atoms with van der Waals surface area (Å²) in [5, 5.41) is 0.107. The fourth-order valence-corrected chi connectivity index (χ4v) is 2.04. The first-order valence-corrected chi connectivity index (χ1v) is 5.98. The number of rotatable bonds is 5. The predicted octanol–water partition coefficient (Wildman–Crippen LogP) is 4.03. The summed E-state index contributed by atoms with van der Waals surface area (Å²) < 4.78 is 18.3. The minimum absolute atomic E-state index is 0.107. The maximum Gasteiger partial charge on any atom is 0.165 e. The molecule has 0 radical (unpaired) electrons. The lowest BCUT2D eigenvalue weighted by atomic mass is 9.94. The molecule has 0 fully saturated rings. The van der Waals surface area contributed by atoms with Gasteiger partial charge in [-0.2, -0.15) is 0 Å². The zero-order valence-electron chi connectivity index (χ0n) is 9.97. The van der Waals surface area contributed by atoms with Crippen molar-refractivity contribution in [3.8, 4) is 5.75 Å². The summed E-state index contributed by atoms with van der Waals surface area (Å²) >= 11 is 6.07. The Morgan fingerprint density at radius 3 is 2.56 bits per heavy atom. The van der Waals surface area contributed by atoms with E-state index in [1.165, 1.54) is 13.2 Å². The molecule has 90 valence electrons. The molecule has 0 N–H and O–H groups in total. The molecule has 1 rings (SSSR count). The van der Waals surface area contributed by atoms with E-state index >= 15 is 0 Å². The van der Waals surface area contributed by atoms with Crippen LogP contribution in [0.1, 0.15) is 25.8 Å². The Labute approximate surface area is 102 Å². The van der Waals surface area contributed by atoms with Crippen molar-refractivity contribution >= 4 is 11.6 Å². The molecule has 3 heteroatoms. The maximum absolute atomic E-state index is 13.4. The Hall–Kier alpha value is -0.760. The van der Waals surface area contributed by atoms with Crippen LogP contribution in [0.5, 0.6) is 5.75 Å². The summed E-state index contributed by atoms with van der Waals surface area (Å²) in [5.74, 6) is 0.363. The van der Waals surface area contributed by atoms with Gasteiger partial charge in [0.25, 0.3) is 0 Å². The SMILES string of the molecule is CCC(Cc1ccc(OC)c(F)c1)C(C)Cl. The second kappa shape index (κ2) is 6.09. The fraction of sp³-hybridized carbons (Fsp3) is 0.538. The molecule has 0 amide bonds. The van der Waals surface area contributed by atoms with Crippen LogP contribution in [-0.2, 0) is 6.42 Å². The standard InChI is InChI=1S/C13H18ClFO/c1-4-11(9(2)14)7-10-5-6-13(16-3)12(15)8-10/h5-6,8-9,11H,4,7H2,1-3H3. The summed E-state index contributed by atoms with van der Waals surface area (Å²) in [4.78, 5) is 0. The van der Waals surface area contributed by atoms with Crippen molar-refractivity contribution in [1.82, 2.24) is 0 Å². The van der Waals surface area contributed by atoms with Gasteiger partial charge in [-0.25, -0.2) is 4.39 Å². The van der Waals surface area contributed by atoms with Crippen LogP contribution in [0.25, 0.3) is 0 Å². The van der Waals surface area contributed by atoms with Gasteiger partial charge in [-0.1, -0.05) is 19.4 Å². The van der Waals surface area contributed by atoms with Gasteiger partial charge in [-0.15, -0.1) is 11.6 Å². The Morgan fingerprint density at radius 1 is 1.44 bits per heavy atom. The molecule has 0 aromatic heterocycles. The average Bonchev–Trinajstić information content (AvgIpc) is 2.25. The molecule has 2 unspecified atom stereocenters. The molecule has 0 aliphatic heterocycles. The Balaban J connectivity index is 2.78. The van der Waals surface area contributed by atoms with Gasteiger partial charge in [-0.05, 0) is 37.0 Å². The van der Waals surface area contributed by atoms with E-state index in [0.717, 1.165) is 18.4 Å². The smallest absolute Gasteiger partial charge is 0.165 e. The van der Waals surface area contributed by atoms with E-state index in [9.17, 15) is 4.39 Å². The molecule has 0 bridgehead atoms. The number of benzene rings is 1. The van der Waals surface area contributed by atoms with Crippen molar-refractivity contribution < 1.29 is 9.13 Å². The van der Waals surface area contributed by atoms with Crippen LogP contribution in [0.2, 0.25) is 0 Å². The van der Waals surface area contributed by atoms with Gasteiger partial charge in [0.2, 0.25) is 0 Å². The van der Waals surface area contributed by atoms with Crippen LogP contribution in [0.4, 0.5) is 4.39 Å². The lowest BCUT2D eigenvalue weighted by Crippen LogP contribution is -2.13. The van der Waals surface area contributed by atoms with Gasteiger partial charge in [0.15, 0.2) is 11.6 Å². The largest absolute Gasteiger partial charge is 0.494 e. The van der Waals surface area contributed by atoms with E-state index in [1.807, 2.05) is 13.0 Å². The normalized spacial score (nSPS) is 14.6. The fourth-order valence-electron chi connectivity index (χ4n) is 1.77. The van der Waals surface area contributed by atoms with E-state index in [0.29, 0.717) is 5.92 Å². The van der Waals surface area contributed by atoms with Crippen molar-refractivity contribution in [1.29, 1.82) is 0 Å². The Morgan fingerprint density at radius 2 is 2.12 bits per heavy atom. The Bertz CT molecular complexity index is 339. The summed E-state index contributed by atoms with van der Waals surface area (Å²) in [7, 11) is 1.47. The third-order valence-electron chi connectivity index (χ3n) is 2.89. The van der Waals surface area contributed by atoms with Crippen molar-refractivity contribution in [2.45, 2.75) is 32.1 Å². The molecule has 1 aromatic rings. The van der Waals surface area contributed by atoms with Crippen LogP contribution in [-0.4, -0.2) is 12.5 Å². The predicted molar refractivity (Wildman–Crippen MR) is 65.8 cm³/mol. The highest BCUT2D eigenvalue weighted by Crippen LogP contribution is 2.23. The molecule has 0 heterocycles. The van der Waals surface area contributed by atoms with E-state index in [1.54, 1.807) is 6.07 Å². The molecule has 1 aromatic carbocycles. The molecule has 2 atom stereocenters. The van der Waals surface area contributed by atoms with Gasteiger partial charge in [0, 0.05) is 5.38 Å². The molecule has 1 nitrogen and oxygen atoms in total. The third-order valence-corrected chi connectivity index (χ3v) is 3.24. The zero-order valence-corrected chi connectivity index (χ0v) is 10.7. The van der Waals surface area contributed by atoms with Crippen LogP contribution < -0.4 is 4.74 Å². The van der Waals surface area contributed by atoms with Gasteiger partial charge in [0.1, 0.15) is 0 Å². The van der Waals surface area contributed by atoms with Crippen LogP contribution in [0, 0.1) is 11.7 Å². The molecular formula is C13H18ClFO. The minimum atomic E-state index is -0.308. The summed E-state index contributed by atoms with van der Waals surface area (Å²) in [6, 6.07) is 5.08. The third kappa shape index (κ3) is 3.38. The molecule has 0 saturated heterocycles. The summed E-state index contributed by atoms with van der Waals surface area (Å²) in [6.07, 6.45) is 1.81. The number of alkyl halides is 1. The lowest BCUT2D eigenvalue weighted by molar-refractivity contribution is 0.385. The quantitative estimate of drug-likeness (QED) is 0.711. The van der Waals surface area contributed by atoms with Gasteiger partial charge in [-0.3, -0.25) is 0 Å². The van der Waals surface area contributed by atoms with Gasteiger partial charge < -0.3 is 4.74 Å². The first-order chi connectivity index (χ1) is 7.58.